The molecule has 0 aliphatic carbocycles. The van der Waals surface area contributed by atoms with Gasteiger partial charge in [-0.15, -0.1) is 0 Å². The molecule has 19 heavy (non-hydrogen) atoms. The van der Waals surface area contributed by atoms with E-state index in [9.17, 15) is 0 Å². The number of anilines is 1. The van der Waals surface area contributed by atoms with Gasteiger partial charge >= 0.3 is 0 Å². The molecule has 2 N–H and O–H groups in total. The summed E-state index contributed by atoms with van der Waals surface area (Å²) in [5.74, 6) is 0.800. The second-order valence-corrected chi connectivity index (χ2v) is 4.64. The van der Waals surface area contributed by atoms with Gasteiger partial charge in [-0.25, -0.2) is 9.97 Å². The summed E-state index contributed by atoms with van der Waals surface area (Å²) in [7, 11) is 7.69. The number of hydrogen-bond acceptors (Lipinski definition) is 3. The quantitative estimate of drug-likeness (QED) is 0.522. The number of imidazole rings is 1. The minimum atomic E-state index is 0.621. The first kappa shape index (κ1) is 11.8. The summed E-state index contributed by atoms with van der Waals surface area (Å²) in [5.41, 5.74) is 11.1. The molecule has 0 unspecified atom stereocenters. The first-order chi connectivity index (χ1) is 9.08. The van der Waals surface area contributed by atoms with E-state index < -0.39 is 0 Å². The average molecular weight is 248 g/mol. The SMILES string of the molecule is [B]c1ccc(-c2nc3nccc(C)c3n2C)c(N)c1. The van der Waals surface area contributed by atoms with Crippen molar-refractivity contribution in [2.75, 3.05) is 5.73 Å². The number of benzene rings is 1. The third kappa shape index (κ3) is 1.78. The number of nitrogens with zero attached hydrogens (tertiary/aromatic N) is 3. The Morgan fingerprint density at radius 2 is 2.05 bits per heavy atom. The second-order valence-electron chi connectivity index (χ2n) is 4.64. The second kappa shape index (κ2) is 4.12. The summed E-state index contributed by atoms with van der Waals surface area (Å²) in [4.78, 5) is 8.86. The van der Waals surface area contributed by atoms with Gasteiger partial charge in [-0.3, -0.25) is 0 Å². The summed E-state index contributed by atoms with van der Waals surface area (Å²) < 4.78 is 2.01. The van der Waals surface area contributed by atoms with Crippen molar-refractivity contribution in [2.45, 2.75) is 6.92 Å². The van der Waals surface area contributed by atoms with E-state index in [1.165, 1.54) is 0 Å². The maximum atomic E-state index is 6.03. The molecule has 0 bridgehead atoms. The van der Waals surface area contributed by atoms with Crippen molar-refractivity contribution in [3.05, 3.63) is 36.0 Å². The molecule has 3 aromatic rings. The number of rotatable bonds is 1. The Hall–Kier alpha value is -2.30. The maximum absolute atomic E-state index is 6.03. The highest BCUT2D eigenvalue weighted by molar-refractivity contribution is 6.32. The van der Waals surface area contributed by atoms with Crippen LogP contribution in [-0.4, -0.2) is 22.4 Å². The van der Waals surface area contributed by atoms with Crippen LogP contribution in [-0.2, 0) is 7.05 Å². The molecule has 0 aliphatic heterocycles. The predicted octanol–water partition coefficient (Wildman–Crippen LogP) is 1.32. The van der Waals surface area contributed by atoms with Gasteiger partial charge in [0.15, 0.2) is 5.65 Å². The molecule has 0 aliphatic rings. The van der Waals surface area contributed by atoms with Gasteiger partial charge in [0, 0.05) is 24.5 Å². The third-order valence-corrected chi connectivity index (χ3v) is 3.29. The third-order valence-electron chi connectivity index (χ3n) is 3.29. The number of nitrogen functional groups attached to an aromatic ring is 1. The Kier molecular flexibility index (Phi) is 2.55. The van der Waals surface area contributed by atoms with Crippen LogP contribution >= 0.6 is 0 Å². The molecule has 2 heterocycles. The molecule has 0 atom stereocenters. The van der Waals surface area contributed by atoms with Gasteiger partial charge in [0.2, 0.25) is 0 Å². The summed E-state index contributed by atoms with van der Waals surface area (Å²) >= 11 is 0. The Morgan fingerprint density at radius 1 is 1.26 bits per heavy atom. The van der Waals surface area contributed by atoms with Crippen LogP contribution in [0.3, 0.4) is 0 Å². The summed E-state index contributed by atoms with van der Waals surface area (Å²) in [6.45, 7) is 2.04. The molecule has 5 heteroatoms. The van der Waals surface area contributed by atoms with Gasteiger partial charge in [0.25, 0.3) is 0 Å². The molecule has 2 aromatic heterocycles. The lowest BCUT2D eigenvalue weighted by Crippen LogP contribution is -2.05. The lowest BCUT2D eigenvalue weighted by atomic mass is 9.94. The highest BCUT2D eigenvalue weighted by Crippen LogP contribution is 2.27. The number of aryl methyl sites for hydroxylation is 2. The fourth-order valence-electron chi connectivity index (χ4n) is 2.34. The smallest absolute Gasteiger partial charge is 0.178 e. The van der Waals surface area contributed by atoms with Crippen molar-refractivity contribution in [1.82, 2.24) is 14.5 Å². The van der Waals surface area contributed by atoms with Crippen LogP contribution in [0.15, 0.2) is 30.5 Å². The van der Waals surface area contributed by atoms with Crippen molar-refractivity contribution in [1.29, 1.82) is 0 Å². The molecule has 0 fully saturated rings. The van der Waals surface area contributed by atoms with E-state index in [0.29, 0.717) is 11.2 Å². The maximum Gasteiger partial charge on any atom is 0.178 e. The first-order valence-corrected chi connectivity index (χ1v) is 6.01. The fraction of sp³-hybridized carbons (Fsp3) is 0.143. The molecule has 0 saturated heterocycles. The van der Waals surface area contributed by atoms with Crippen molar-refractivity contribution < 1.29 is 0 Å². The molecule has 1 aromatic carbocycles. The topological polar surface area (TPSA) is 56.7 Å². The van der Waals surface area contributed by atoms with Gasteiger partial charge in [0.1, 0.15) is 13.7 Å². The first-order valence-electron chi connectivity index (χ1n) is 6.01. The van der Waals surface area contributed by atoms with Gasteiger partial charge in [0.05, 0.1) is 5.52 Å². The molecule has 0 amide bonds. The summed E-state index contributed by atoms with van der Waals surface area (Å²) in [6.07, 6.45) is 1.76. The van der Waals surface area contributed by atoms with Crippen LogP contribution in [0.1, 0.15) is 5.56 Å². The van der Waals surface area contributed by atoms with Crippen LogP contribution in [0.4, 0.5) is 5.69 Å². The number of hydrogen-bond donors (Lipinski definition) is 1. The number of nitrogens with two attached hydrogens (primary N) is 1. The van der Waals surface area contributed by atoms with Crippen LogP contribution < -0.4 is 11.2 Å². The van der Waals surface area contributed by atoms with E-state index in [1.54, 1.807) is 12.3 Å². The Balaban J connectivity index is 2.31. The molecule has 0 spiro atoms. The largest absolute Gasteiger partial charge is 0.398 e. The van der Waals surface area contributed by atoms with E-state index in [2.05, 4.69) is 9.97 Å². The molecular weight excluding hydrogens is 235 g/mol. The minimum Gasteiger partial charge on any atom is -0.398 e. The Bertz CT molecular complexity index is 776. The summed E-state index contributed by atoms with van der Waals surface area (Å²) in [5, 5.41) is 0. The van der Waals surface area contributed by atoms with Crippen LogP contribution in [0.2, 0.25) is 0 Å². The average Bonchev–Trinajstić information content (AvgIpc) is 2.68. The van der Waals surface area contributed by atoms with Crippen molar-refractivity contribution in [3.8, 4) is 11.4 Å². The van der Waals surface area contributed by atoms with Crippen LogP contribution in [0.5, 0.6) is 0 Å². The predicted molar refractivity (Wildman–Crippen MR) is 78.5 cm³/mol. The van der Waals surface area contributed by atoms with Gasteiger partial charge in [-0.2, -0.15) is 0 Å². The van der Waals surface area contributed by atoms with E-state index in [-0.39, 0.29) is 0 Å². The summed E-state index contributed by atoms with van der Waals surface area (Å²) in [6, 6.07) is 7.43. The normalized spacial score (nSPS) is 11.1. The Morgan fingerprint density at radius 3 is 2.74 bits per heavy atom. The number of pyridine rings is 1. The highest BCUT2D eigenvalue weighted by Gasteiger charge is 2.14. The van der Waals surface area contributed by atoms with Gasteiger partial charge in [-0.1, -0.05) is 11.5 Å². The molecular formula is C14H13BN4. The molecule has 4 nitrogen and oxygen atoms in total. The van der Waals surface area contributed by atoms with Crippen molar-refractivity contribution in [2.24, 2.45) is 7.05 Å². The standard InChI is InChI=1S/C14H13BN4/c1-8-5-6-17-13-12(8)19(2)14(18-13)10-4-3-9(15)7-11(10)16/h3-7H,16H2,1-2H3. The van der Waals surface area contributed by atoms with E-state index in [4.69, 9.17) is 13.6 Å². The number of aromatic nitrogens is 3. The zero-order valence-corrected chi connectivity index (χ0v) is 10.9. The zero-order chi connectivity index (χ0) is 13.6. The molecule has 0 saturated carbocycles. The van der Waals surface area contributed by atoms with E-state index in [1.807, 2.05) is 36.7 Å². The molecule has 2 radical (unpaired) electrons. The van der Waals surface area contributed by atoms with Crippen molar-refractivity contribution >= 4 is 30.2 Å². The fourth-order valence-corrected chi connectivity index (χ4v) is 2.34. The minimum absolute atomic E-state index is 0.621. The van der Waals surface area contributed by atoms with Crippen LogP contribution in [0.25, 0.3) is 22.6 Å². The number of fused-ring (bicyclic) bond motifs is 1. The lowest BCUT2D eigenvalue weighted by Gasteiger charge is -2.07. The zero-order valence-electron chi connectivity index (χ0n) is 10.9. The van der Waals surface area contributed by atoms with Crippen LogP contribution in [0, 0.1) is 6.92 Å². The van der Waals surface area contributed by atoms with E-state index in [0.717, 1.165) is 28.1 Å². The molecule has 92 valence electrons. The van der Waals surface area contributed by atoms with Gasteiger partial charge in [-0.05, 0) is 30.7 Å². The monoisotopic (exact) mass is 248 g/mol. The highest BCUT2D eigenvalue weighted by atomic mass is 15.1. The van der Waals surface area contributed by atoms with Crippen molar-refractivity contribution in [3.63, 3.8) is 0 Å². The lowest BCUT2D eigenvalue weighted by molar-refractivity contribution is 0.956. The Labute approximate surface area is 112 Å². The molecule has 3 rings (SSSR count). The van der Waals surface area contributed by atoms with E-state index >= 15 is 0 Å². The van der Waals surface area contributed by atoms with Gasteiger partial charge < -0.3 is 10.3 Å².